The maximum atomic E-state index is 13.2. The van der Waals surface area contributed by atoms with E-state index in [1.807, 2.05) is 0 Å². The summed E-state index contributed by atoms with van der Waals surface area (Å²) in [7, 11) is 0. The molecule has 0 saturated heterocycles. The van der Waals surface area contributed by atoms with Crippen molar-refractivity contribution in [2.24, 2.45) is 17.8 Å². The van der Waals surface area contributed by atoms with Crippen LogP contribution in [0, 0.1) is 23.6 Å². The molecule has 1 amide bonds. The first-order valence-corrected chi connectivity index (χ1v) is 9.21. The van der Waals surface area contributed by atoms with Crippen molar-refractivity contribution in [2.45, 2.75) is 57.1 Å². The van der Waals surface area contributed by atoms with Gasteiger partial charge in [-0.25, -0.2) is 9.18 Å². The monoisotopic (exact) mass is 345 g/mol. The van der Waals surface area contributed by atoms with Crippen LogP contribution >= 0.6 is 0 Å². The third-order valence-electron chi connectivity index (χ3n) is 6.14. The van der Waals surface area contributed by atoms with Gasteiger partial charge in [-0.3, -0.25) is 4.79 Å². The summed E-state index contributed by atoms with van der Waals surface area (Å²) in [4.78, 5) is 24.7. The van der Waals surface area contributed by atoms with Crippen molar-refractivity contribution in [3.63, 3.8) is 0 Å². The number of ether oxygens (including phenoxy) is 1. The summed E-state index contributed by atoms with van der Waals surface area (Å²) in [5.74, 6) is 0.782. The van der Waals surface area contributed by atoms with Gasteiger partial charge in [0.15, 0.2) is 6.10 Å². The van der Waals surface area contributed by atoms with Crippen LogP contribution in [0.5, 0.6) is 0 Å². The maximum Gasteiger partial charge on any atom is 0.339 e. The Balaban J connectivity index is 1.39. The van der Waals surface area contributed by atoms with Gasteiger partial charge in [-0.05, 0) is 81.4 Å². The number of carbonyl (C=O) groups is 2. The number of rotatable bonds is 4. The molecule has 1 unspecified atom stereocenters. The highest BCUT2D eigenvalue weighted by molar-refractivity contribution is 5.92. The van der Waals surface area contributed by atoms with Crippen LogP contribution in [0.25, 0.3) is 0 Å². The molecule has 4 aliphatic rings. The number of halogens is 1. The lowest BCUT2D eigenvalue weighted by Crippen LogP contribution is -2.61. The first-order valence-electron chi connectivity index (χ1n) is 9.21. The van der Waals surface area contributed by atoms with E-state index in [0.29, 0.717) is 0 Å². The van der Waals surface area contributed by atoms with E-state index < -0.39 is 17.9 Å². The van der Waals surface area contributed by atoms with Gasteiger partial charge in [-0.1, -0.05) is 6.07 Å². The van der Waals surface area contributed by atoms with Crippen LogP contribution in [-0.4, -0.2) is 23.5 Å². The van der Waals surface area contributed by atoms with Gasteiger partial charge in [0.05, 0.1) is 5.56 Å². The highest BCUT2D eigenvalue weighted by Gasteiger charge is 2.51. The van der Waals surface area contributed by atoms with E-state index in [9.17, 15) is 14.0 Å². The molecule has 5 heteroatoms. The minimum atomic E-state index is -0.885. The van der Waals surface area contributed by atoms with E-state index in [1.54, 1.807) is 6.92 Å². The molecule has 4 aliphatic carbocycles. The molecule has 4 nitrogen and oxygen atoms in total. The van der Waals surface area contributed by atoms with Gasteiger partial charge in [-0.15, -0.1) is 0 Å². The molecule has 0 aromatic heterocycles. The van der Waals surface area contributed by atoms with Crippen molar-refractivity contribution in [1.82, 2.24) is 5.32 Å². The second kappa shape index (κ2) is 6.11. The molecular formula is C20H24FNO3. The van der Waals surface area contributed by atoms with Gasteiger partial charge < -0.3 is 10.1 Å². The Morgan fingerprint density at radius 3 is 2.32 bits per heavy atom. The molecular weight excluding hydrogens is 321 g/mol. The molecule has 0 heterocycles. The zero-order valence-corrected chi connectivity index (χ0v) is 14.5. The predicted molar refractivity (Wildman–Crippen MR) is 90.3 cm³/mol. The molecule has 0 radical (unpaired) electrons. The standard InChI is InChI=1S/C20H24FNO3/c1-12(25-19(24)16-3-2-4-17(21)8-16)18(23)22-20-9-13-5-14(10-20)7-15(6-13)11-20/h2-4,8,12-15H,5-7,9-11H2,1H3,(H,22,23). The molecule has 1 aromatic carbocycles. The topological polar surface area (TPSA) is 55.4 Å². The summed E-state index contributed by atoms with van der Waals surface area (Å²) in [6.07, 6.45) is 6.18. The van der Waals surface area contributed by atoms with Crippen LogP contribution < -0.4 is 5.32 Å². The lowest BCUT2D eigenvalue weighted by atomic mass is 9.53. The largest absolute Gasteiger partial charge is 0.449 e. The SMILES string of the molecule is CC(OC(=O)c1cccc(F)c1)C(=O)NC12CC3CC(CC(C3)C1)C2. The van der Waals surface area contributed by atoms with Crippen molar-refractivity contribution >= 4 is 11.9 Å². The number of benzene rings is 1. The lowest BCUT2D eigenvalue weighted by molar-refractivity contribution is -0.134. The average molecular weight is 345 g/mol. The van der Waals surface area contributed by atoms with Crippen LogP contribution in [0.4, 0.5) is 4.39 Å². The lowest BCUT2D eigenvalue weighted by Gasteiger charge is -2.57. The number of hydrogen-bond acceptors (Lipinski definition) is 3. The summed E-state index contributed by atoms with van der Waals surface area (Å²) in [5, 5.41) is 3.20. The number of amides is 1. The minimum Gasteiger partial charge on any atom is -0.449 e. The van der Waals surface area contributed by atoms with Crippen molar-refractivity contribution in [3.8, 4) is 0 Å². The molecule has 0 spiro atoms. The Kier molecular flexibility index (Phi) is 4.05. The van der Waals surface area contributed by atoms with E-state index in [4.69, 9.17) is 4.74 Å². The van der Waals surface area contributed by atoms with E-state index in [2.05, 4.69) is 5.32 Å². The summed E-state index contributed by atoms with van der Waals surface area (Å²) >= 11 is 0. The zero-order valence-electron chi connectivity index (χ0n) is 14.5. The normalized spacial score (nSPS) is 33.8. The highest BCUT2D eigenvalue weighted by Crippen LogP contribution is 2.55. The number of esters is 1. The van der Waals surface area contributed by atoms with Gasteiger partial charge in [-0.2, -0.15) is 0 Å². The molecule has 25 heavy (non-hydrogen) atoms. The first-order chi connectivity index (χ1) is 11.9. The van der Waals surface area contributed by atoms with Crippen molar-refractivity contribution in [3.05, 3.63) is 35.6 Å². The van der Waals surface area contributed by atoms with Crippen LogP contribution in [0.3, 0.4) is 0 Å². The van der Waals surface area contributed by atoms with Crippen molar-refractivity contribution < 1.29 is 18.7 Å². The smallest absolute Gasteiger partial charge is 0.339 e. The second-order valence-electron chi connectivity index (χ2n) is 8.25. The molecule has 0 aliphatic heterocycles. The Morgan fingerprint density at radius 2 is 1.76 bits per heavy atom. The Bertz CT molecular complexity index is 667. The molecule has 4 fully saturated rings. The van der Waals surface area contributed by atoms with Gasteiger partial charge in [0.2, 0.25) is 0 Å². The molecule has 5 rings (SSSR count). The fourth-order valence-corrected chi connectivity index (χ4v) is 5.52. The quantitative estimate of drug-likeness (QED) is 0.851. The number of nitrogens with one attached hydrogen (secondary N) is 1. The van der Waals surface area contributed by atoms with Gasteiger partial charge in [0.1, 0.15) is 5.82 Å². The van der Waals surface area contributed by atoms with E-state index >= 15 is 0 Å². The van der Waals surface area contributed by atoms with Gasteiger partial charge in [0.25, 0.3) is 5.91 Å². The molecule has 4 saturated carbocycles. The molecule has 1 aromatic rings. The Labute approximate surface area is 147 Å². The molecule has 134 valence electrons. The Morgan fingerprint density at radius 1 is 1.16 bits per heavy atom. The van der Waals surface area contributed by atoms with E-state index in [0.717, 1.165) is 43.1 Å². The third kappa shape index (κ3) is 3.29. The van der Waals surface area contributed by atoms with Crippen LogP contribution in [-0.2, 0) is 9.53 Å². The molecule has 4 bridgehead atoms. The molecule has 1 atom stereocenters. The fraction of sp³-hybridized carbons (Fsp3) is 0.600. The summed E-state index contributed by atoms with van der Waals surface area (Å²) in [6.45, 7) is 1.58. The average Bonchev–Trinajstić information content (AvgIpc) is 2.53. The van der Waals surface area contributed by atoms with Crippen molar-refractivity contribution in [2.75, 3.05) is 0 Å². The zero-order chi connectivity index (χ0) is 17.6. The number of hydrogen-bond donors (Lipinski definition) is 1. The minimum absolute atomic E-state index is 0.106. The summed E-state index contributed by atoms with van der Waals surface area (Å²) in [5.41, 5.74) is 0.0141. The van der Waals surface area contributed by atoms with E-state index in [1.165, 1.54) is 37.5 Å². The molecule has 1 N–H and O–H groups in total. The second-order valence-corrected chi connectivity index (χ2v) is 8.25. The van der Waals surface area contributed by atoms with Crippen LogP contribution in [0.1, 0.15) is 55.8 Å². The highest BCUT2D eigenvalue weighted by atomic mass is 19.1. The van der Waals surface area contributed by atoms with Crippen LogP contribution in [0.15, 0.2) is 24.3 Å². The predicted octanol–water partition coefficient (Wildman–Crippen LogP) is 3.46. The van der Waals surface area contributed by atoms with Crippen LogP contribution in [0.2, 0.25) is 0 Å². The first kappa shape index (κ1) is 16.6. The third-order valence-corrected chi connectivity index (χ3v) is 6.14. The van der Waals surface area contributed by atoms with Crippen molar-refractivity contribution in [1.29, 1.82) is 0 Å². The Hall–Kier alpha value is -1.91. The van der Waals surface area contributed by atoms with Gasteiger partial charge in [0, 0.05) is 5.54 Å². The summed E-state index contributed by atoms with van der Waals surface area (Å²) < 4.78 is 18.5. The fourth-order valence-electron chi connectivity index (χ4n) is 5.52. The van der Waals surface area contributed by atoms with E-state index in [-0.39, 0.29) is 17.0 Å². The summed E-state index contributed by atoms with van der Waals surface area (Å²) in [6, 6.07) is 5.31. The number of carbonyl (C=O) groups excluding carboxylic acids is 2. The maximum absolute atomic E-state index is 13.2. The van der Waals surface area contributed by atoms with Gasteiger partial charge >= 0.3 is 5.97 Å².